The summed E-state index contributed by atoms with van der Waals surface area (Å²) in [6.07, 6.45) is 1.27. The van der Waals surface area contributed by atoms with Crippen molar-refractivity contribution >= 4 is 5.91 Å². The maximum atomic E-state index is 11.0. The van der Waals surface area contributed by atoms with Gasteiger partial charge in [-0.2, -0.15) is 0 Å². The zero-order valence-electron chi connectivity index (χ0n) is 8.00. The SMILES string of the molecule is C=CC(=O)N(C)CC(C)(C)CO. The Morgan fingerprint density at radius 1 is 1.67 bits per heavy atom. The molecule has 0 aromatic rings. The van der Waals surface area contributed by atoms with Crippen molar-refractivity contribution in [3.05, 3.63) is 12.7 Å². The number of carbonyl (C=O) groups is 1. The smallest absolute Gasteiger partial charge is 0.245 e. The van der Waals surface area contributed by atoms with Crippen LogP contribution >= 0.6 is 0 Å². The third-order valence-electron chi connectivity index (χ3n) is 1.64. The van der Waals surface area contributed by atoms with Gasteiger partial charge in [0, 0.05) is 25.6 Å². The Bertz CT molecular complexity index is 175. The first kappa shape index (κ1) is 11.2. The number of aliphatic hydroxyl groups excluding tert-OH is 1. The number of rotatable bonds is 4. The number of amides is 1. The summed E-state index contributed by atoms with van der Waals surface area (Å²) >= 11 is 0. The minimum Gasteiger partial charge on any atom is -0.396 e. The third kappa shape index (κ3) is 3.53. The molecule has 3 nitrogen and oxygen atoms in total. The first-order valence-electron chi connectivity index (χ1n) is 3.91. The van der Waals surface area contributed by atoms with Gasteiger partial charge in [0.15, 0.2) is 0 Å². The molecule has 0 aromatic heterocycles. The molecule has 0 rings (SSSR count). The Morgan fingerprint density at radius 2 is 2.17 bits per heavy atom. The highest BCUT2D eigenvalue weighted by molar-refractivity contribution is 5.86. The van der Waals surface area contributed by atoms with Crippen LogP contribution in [0.3, 0.4) is 0 Å². The molecule has 3 heteroatoms. The standard InChI is InChI=1S/C9H17NO2/c1-5-8(12)10(4)6-9(2,3)7-11/h5,11H,1,6-7H2,2-4H3. The summed E-state index contributed by atoms with van der Waals surface area (Å²) in [5, 5.41) is 8.93. The molecule has 0 bridgehead atoms. The van der Waals surface area contributed by atoms with E-state index in [2.05, 4.69) is 6.58 Å². The van der Waals surface area contributed by atoms with E-state index < -0.39 is 0 Å². The number of hydrogen-bond donors (Lipinski definition) is 1. The Kier molecular flexibility index (Phi) is 3.96. The van der Waals surface area contributed by atoms with Crippen molar-refractivity contribution in [3.8, 4) is 0 Å². The van der Waals surface area contributed by atoms with Gasteiger partial charge in [0.05, 0.1) is 0 Å². The van der Waals surface area contributed by atoms with Gasteiger partial charge < -0.3 is 10.0 Å². The Morgan fingerprint density at radius 3 is 2.50 bits per heavy atom. The molecule has 0 radical (unpaired) electrons. The first-order chi connectivity index (χ1) is 5.43. The fraction of sp³-hybridized carbons (Fsp3) is 0.667. The van der Waals surface area contributed by atoms with E-state index in [1.54, 1.807) is 11.9 Å². The molecule has 12 heavy (non-hydrogen) atoms. The average molecular weight is 171 g/mol. The number of hydrogen-bond acceptors (Lipinski definition) is 2. The fourth-order valence-electron chi connectivity index (χ4n) is 0.926. The van der Waals surface area contributed by atoms with E-state index in [4.69, 9.17) is 5.11 Å². The molecule has 0 aliphatic carbocycles. The molecule has 70 valence electrons. The first-order valence-corrected chi connectivity index (χ1v) is 3.91. The normalized spacial score (nSPS) is 11.0. The quantitative estimate of drug-likeness (QED) is 0.631. The molecule has 1 N–H and O–H groups in total. The summed E-state index contributed by atoms with van der Waals surface area (Å²) in [7, 11) is 1.70. The number of likely N-dealkylation sites (N-methyl/N-ethyl adjacent to an activating group) is 1. The summed E-state index contributed by atoms with van der Waals surface area (Å²) in [6.45, 7) is 7.80. The van der Waals surface area contributed by atoms with E-state index in [0.29, 0.717) is 6.54 Å². The molecule has 0 saturated carbocycles. The Balaban J connectivity index is 4.08. The lowest BCUT2D eigenvalue weighted by atomic mass is 9.94. The van der Waals surface area contributed by atoms with Crippen LogP contribution in [-0.2, 0) is 4.79 Å². The molecule has 0 saturated heterocycles. The van der Waals surface area contributed by atoms with Gasteiger partial charge in [0.2, 0.25) is 5.91 Å². The second-order valence-electron chi connectivity index (χ2n) is 3.72. The van der Waals surface area contributed by atoms with Crippen molar-refractivity contribution in [1.82, 2.24) is 4.90 Å². The third-order valence-corrected chi connectivity index (χ3v) is 1.64. The fourth-order valence-corrected chi connectivity index (χ4v) is 0.926. The highest BCUT2D eigenvalue weighted by atomic mass is 16.3. The Labute approximate surface area is 73.7 Å². The zero-order chi connectivity index (χ0) is 9.78. The van der Waals surface area contributed by atoms with E-state index in [0.717, 1.165) is 0 Å². The van der Waals surface area contributed by atoms with E-state index in [-0.39, 0.29) is 17.9 Å². The highest BCUT2D eigenvalue weighted by Gasteiger charge is 2.20. The van der Waals surface area contributed by atoms with Crippen molar-refractivity contribution in [2.24, 2.45) is 5.41 Å². The summed E-state index contributed by atoms with van der Waals surface area (Å²) < 4.78 is 0. The van der Waals surface area contributed by atoms with Crippen LogP contribution in [0.15, 0.2) is 12.7 Å². The summed E-state index contributed by atoms with van der Waals surface area (Å²) in [5.41, 5.74) is -0.243. The number of carbonyl (C=O) groups excluding carboxylic acids is 1. The topological polar surface area (TPSA) is 40.5 Å². The van der Waals surface area contributed by atoms with Gasteiger partial charge in [0.1, 0.15) is 0 Å². The Hall–Kier alpha value is -0.830. The van der Waals surface area contributed by atoms with Gasteiger partial charge in [-0.3, -0.25) is 4.79 Å². The monoisotopic (exact) mass is 171 g/mol. The maximum absolute atomic E-state index is 11.0. The lowest BCUT2D eigenvalue weighted by molar-refractivity contribution is -0.126. The predicted molar refractivity (Wildman–Crippen MR) is 48.7 cm³/mol. The van der Waals surface area contributed by atoms with Gasteiger partial charge in [-0.15, -0.1) is 0 Å². The summed E-state index contributed by atoms with van der Waals surface area (Å²) in [4.78, 5) is 12.6. The highest BCUT2D eigenvalue weighted by Crippen LogP contribution is 2.14. The molecule has 1 amide bonds. The van der Waals surface area contributed by atoms with Crippen molar-refractivity contribution in [1.29, 1.82) is 0 Å². The van der Waals surface area contributed by atoms with Crippen LogP contribution < -0.4 is 0 Å². The van der Waals surface area contributed by atoms with Gasteiger partial charge in [-0.1, -0.05) is 20.4 Å². The average Bonchev–Trinajstić information content (AvgIpc) is 2.02. The second kappa shape index (κ2) is 4.26. The molecule has 0 unspecified atom stereocenters. The number of nitrogens with zero attached hydrogens (tertiary/aromatic N) is 1. The second-order valence-corrected chi connectivity index (χ2v) is 3.72. The molecule has 0 aliphatic rings. The largest absolute Gasteiger partial charge is 0.396 e. The summed E-state index contributed by atoms with van der Waals surface area (Å²) in [5.74, 6) is -0.114. The van der Waals surface area contributed by atoms with Crippen molar-refractivity contribution < 1.29 is 9.90 Å². The van der Waals surface area contributed by atoms with E-state index >= 15 is 0 Å². The zero-order valence-corrected chi connectivity index (χ0v) is 8.00. The van der Waals surface area contributed by atoms with Crippen molar-refractivity contribution in [3.63, 3.8) is 0 Å². The summed E-state index contributed by atoms with van der Waals surface area (Å²) in [6, 6.07) is 0. The van der Waals surface area contributed by atoms with Gasteiger partial charge in [-0.05, 0) is 6.08 Å². The van der Waals surface area contributed by atoms with Crippen LogP contribution in [0.25, 0.3) is 0 Å². The molecule has 0 aliphatic heterocycles. The molecule has 0 spiro atoms. The van der Waals surface area contributed by atoms with Crippen LogP contribution in [0.2, 0.25) is 0 Å². The van der Waals surface area contributed by atoms with Gasteiger partial charge >= 0.3 is 0 Å². The van der Waals surface area contributed by atoms with Crippen LogP contribution in [0.4, 0.5) is 0 Å². The van der Waals surface area contributed by atoms with E-state index in [1.165, 1.54) is 6.08 Å². The predicted octanol–water partition coefficient (Wildman–Crippen LogP) is 0.649. The van der Waals surface area contributed by atoms with Gasteiger partial charge in [0.25, 0.3) is 0 Å². The van der Waals surface area contributed by atoms with Crippen LogP contribution in [-0.4, -0.2) is 36.1 Å². The van der Waals surface area contributed by atoms with E-state index in [1.807, 2.05) is 13.8 Å². The lowest BCUT2D eigenvalue weighted by Crippen LogP contribution is -2.36. The molecular formula is C9H17NO2. The molecule has 0 aromatic carbocycles. The van der Waals surface area contributed by atoms with Crippen LogP contribution in [0.1, 0.15) is 13.8 Å². The lowest BCUT2D eigenvalue weighted by Gasteiger charge is -2.27. The van der Waals surface area contributed by atoms with Crippen LogP contribution in [0, 0.1) is 5.41 Å². The van der Waals surface area contributed by atoms with Crippen molar-refractivity contribution in [2.75, 3.05) is 20.2 Å². The molecule has 0 atom stereocenters. The van der Waals surface area contributed by atoms with Gasteiger partial charge in [-0.25, -0.2) is 0 Å². The number of aliphatic hydroxyl groups is 1. The minimum absolute atomic E-state index is 0.0712. The maximum Gasteiger partial charge on any atom is 0.245 e. The van der Waals surface area contributed by atoms with Crippen molar-refractivity contribution in [2.45, 2.75) is 13.8 Å². The molecular weight excluding hydrogens is 154 g/mol. The van der Waals surface area contributed by atoms with E-state index in [9.17, 15) is 4.79 Å². The minimum atomic E-state index is -0.243. The molecule has 0 heterocycles. The molecule has 0 fully saturated rings. The van der Waals surface area contributed by atoms with Crippen LogP contribution in [0.5, 0.6) is 0 Å².